The lowest BCUT2D eigenvalue weighted by molar-refractivity contribution is 0.0703. The molecule has 37 heavy (non-hydrogen) atoms. The number of nitrogens with zero attached hydrogens (tertiary/aromatic N) is 2. The second-order valence-electron chi connectivity index (χ2n) is 9.48. The van der Waals surface area contributed by atoms with Crippen molar-refractivity contribution in [2.45, 2.75) is 43.0 Å². The molecule has 5 rings (SSSR count). The number of rotatable bonds is 4. The van der Waals surface area contributed by atoms with Crippen LogP contribution in [-0.2, 0) is 0 Å². The number of hydrogen-bond donors (Lipinski definition) is 4. The molecule has 2 heterocycles. The number of hydrogen-bond acceptors (Lipinski definition) is 7. The number of thiophene rings is 1. The van der Waals surface area contributed by atoms with Crippen LogP contribution < -0.4 is 10.6 Å². The molecule has 0 saturated heterocycles. The van der Waals surface area contributed by atoms with Gasteiger partial charge in [0.15, 0.2) is 0 Å². The minimum atomic E-state index is -3.37. The number of carboxylic acid groups (broad SMARTS) is 1. The highest BCUT2D eigenvalue weighted by molar-refractivity contribution is 8.22. The molecule has 1 saturated carbocycles. The maximum atomic E-state index is 11.7. The average molecular weight is 585 g/mol. The first-order chi connectivity index (χ1) is 17.2. The summed E-state index contributed by atoms with van der Waals surface area (Å²) >= 11 is 7.80. The summed E-state index contributed by atoms with van der Waals surface area (Å²) in [6, 6.07) is 14.9. The monoisotopic (exact) mass is 583 g/mol. The Hall–Kier alpha value is -1.98. The highest BCUT2D eigenvalue weighted by Crippen LogP contribution is 2.61. The number of nitrogen functional groups attached to an aromatic ring is 1. The van der Waals surface area contributed by atoms with Crippen LogP contribution in [0.15, 0.2) is 53.4 Å². The number of carbonyl (C=O) groups is 1. The van der Waals surface area contributed by atoms with Gasteiger partial charge >= 0.3 is 5.97 Å². The summed E-state index contributed by atoms with van der Waals surface area (Å²) in [5.74, 6) is -0.759. The highest BCUT2D eigenvalue weighted by atomic mass is 35.5. The molecule has 11 heteroatoms. The van der Waals surface area contributed by atoms with E-state index < -0.39 is 16.7 Å². The van der Waals surface area contributed by atoms with Crippen molar-refractivity contribution in [2.75, 3.05) is 24.2 Å². The maximum Gasteiger partial charge on any atom is 0.348 e. The van der Waals surface area contributed by atoms with Crippen LogP contribution in [0.5, 0.6) is 0 Å². The van der Waals surface area contributed by atoms with Gasteiger partial charge in [0, 0.05) is 35.8 Å². The van der Waals surface area contributed by atoms with Crippen LogP contribution in [0.4, 0.5) is 17.1 Å². The molecule has 3 aromatic rings. The van der Waals surface area contributed by atoms with E-state index in [4.69, 9.17) is 17.3 Å². The minimum Gasteiger partial charge on any atom is -0.477 e. The first-order valence-corrected chi connectivity index (χ1v) is 14.7. The molecular weight excluding hydrogens is 553 g/mol. The molecule has 1 aromatic heterocycles. The Morgan fingerprint density at radius 2 is 1.78 bits per heavy atom. The SMILES string of the molecule is CN1C(C2CCCCC2)CN(c2ccccc2)c2cc(Cl)c(-c3cc(N)c(C(=O)O)s3)cc2S1(O)O.Cl. The van der Waals surface area contributed by atoms with Gasteiger partial charge in [-0.2, -0.15) is 4.31 Å². The fourth-order valence-electron chi connectivity index (χ4n) is 5.43. The topological polar surface area (TPSA) is 110 Å². The summed E-state index contributed by atoms with van der Waals surface area (Å²) < 4.78 is 25.2. The first kappa shape index (κ1) is 28.0. The number of para-hydroxylation sites is 1. The number of anilines is 3. The third-order valence-corrected chi connectivity index (χ3v) is 10.8. The fraction of sp³-hybridized carbons (Fsp3) is 0.346. The quantitative estimate of drug-likeness (QED) is 0.247. The third-order valence-electron chi connectivity index (χ3n) is 7.36. The van der Waals surface area contributed by atoms with Gasteiger partial charge in [0.25, 0.3) is 0 Å². The van der Waals surface area contributed by atoms with E-state index in [9.17, 15) is 19.0 Å². The van der Waals surface area contributed by atoms with Crippen molar-refractivity contribution in [3.8, 4) is 10.4 Å². The number of likely N-dealkylation sites (N-methyl/N-ethyl adjacent to an activating group) is 1. The molecule has 2 aliphatic rings. The van der Waals surface area contributed by atoms with Crippen LogP contribution in [-0.4, -0.2) is 44.1 Å². The van der Waals surface area contributed by atoms with Gasteiger partial charge in [-0.1, -0.05) is 49.1 Å². The number of fused-ring (bicyclic) bond motifs is 1. The van der Waals surface area contributed by atoms with Crippen molar-refractivity contribution in [1.82, 2.24) is 4.31 Å². The molecule has 1 aliphatic heterocycles. The van der Waals surface area contributed by atoms with Crippen molar-refractivity contribution in [3.63, 3.8) is 0 Å². The van der Waals surface area contributed by atoms with Crippen LogP contribution in [0.1, 0.15) is 41.8 Å². The smallest absolute Gasteiger partial charge is 0.348 e. The van der Waals surface area contributed by atoms with E-state index in [-0.39, 0.29) is 29.0 Å². The third kappa shape index (κ3) is 5.18. The van der Waals surface area contributed by atoms with E-state index in [1.54, 1.807) is 29.6 Å². The molecule has 1 atom stereocenters. The van der Waals surface area contributed by atoms with Crippen LogP contribution in [0.3, 0.4) is 0 Å². The van der Waals surface area contributed by atoms with E-state index in [0.29, 0.717) is 38.5 Å². The molecule has 1 fully saturated rings. The fourth-order valence-corrected chi connectivity index (χ4v) is 8.35. The van der Waals surface area contributed by atoms with Crippen molar-refractivity contribution in [3.05, 3.63) is 58.4 Å². The second-order valence-corrected chi connectivity index (χ2v) is 13.0. The minimum absolute atomic E-state index is 0. The van der Waals surface area contributed by atoms with Gasteiger partial charge in [-0.25, -0.2) is 4.79 Å². The van der Waals surface area contributed by atoms with Crippen molar-refractivity contribution in [1.29, 1.82) is 0 Å². The van der Waals surface area contributed by atoms with Gasteiger partial charge in [0.05, 0.1) is 21.3 Å². The second kappa shape index (κ2) is 11.0. The average Bonchev–Trinajstić information content (AvgIpc) is 3.23. The zero-order chi connectivity index (χ0) is 25.6. The predicted octanol–water partition coefficient (Wildman–Crippen LogP) is 7.83. The molecule has 7 nitrogen and oxygen atoms in total. The summed E-state index contributed by atoms with van der Waals surface area (Å²) in [5.41, 5.74) is 8.21. The standard InChI is InChI=1S/C26H30ClN3O4S2.ClH/c1-29-22(16-8-4-2-5-9-16)15-30(17-10-6-3-7-11-17)21-13-19(27)18(12-24(21)36(29,33)34)23-14-20(28)25(35-23)26(31)32;/h3,6-7,10-14,16,22,33-34H,2,4-5,8-9,15,28H2,1H3,(H,31,32);1H. The highest BCUT2D eigenvalue weighted by Gasteiger charge is 2.41. The van der Waals surface area contributed by atoms with Crippen molar-refractivity contribution < 1.29 is 19.0 Å². The number of benzene rings is 2. The number of carboxylic acids is 1. The summed E-state index contributed by atoms with van der Waals surface area (Å²) in [6.45, 7) is 0.596. The van der Waals surface area contributed by atoms with Gasteiger partial charge < -0.3 is 15.7 Å². The van der Waals surface area contributed by atoms with E-state index in [1.165, 1.54) is 6.42 Å². The molecule has 0 radical (unpaired) electrons. The molecule has 1 aliphatic carbocycles. The lowest BCUT2D eigenvalue weighted by Gasteiger charge is -2.46. The molecule has 2 aromatic carbocycles. The molecule has 200 valence electrons. The zero-order valence-electron chi connectivity index (χ0n) is 20.3. The molecule has 1 unspecified atom stereocenters. The maximum absolute atomic E-state index is 11.7. The Bertz CT molecular complexity index is 1280. The molecule has 5 N–H and O–H groups in total. The Morgan fingerprint density at radius 1 is 1.11 bits per heavy atom. The van der Waals surface area contributed by atoms with E-state index in [2.05, 4.69) is 4.90 Å². The lowest BCUT2D eigenvalue weighted by atomic mass is 9.83. The Labute approximate surface area is 233 Å². The van der Waals surface area contributed by atoms with Crippen molar-refractivity contribution in [2.24, 2.45) is 5.92 Å². The van der Waals surface area contributed by atoms with Crippen LogP contribution >= 0.6 is 46.1 Å². The van der Waals surface area contributed by atoms with Crippen molar-refractivity contribution >= 4 is 69.2 Å². The Kier molecular flexibility index (Phi) is 8.35. The van der Waals surface area contributed by atoms with Crippen LogP contribution in [0.2, 0.25) is 5.02 Å². The molecule has 0 spiro atoms. The van der Waals surface area contributed by atoms with Gasteiger partial charge in [-0.05, 0) is 49.1 Å². The molecule has 0 bridgehead atoms. The van der Waals surface area contributed by atoms with Gasteiger partial charge in [-0.3, -0.25) is 9.11 Å². The van der Waals surface area contributed by atoms with Gasteiger partial charge in [0.1, 0.15) is 4.88 Å². The predicted molar refractivity (Wildman–Crippen MR) is 156 cm³/mol. The lowest BCUT2D eigenvalue weighted by Crippen LogP contribution is -2.45. The number of aromatic carboxylic acids is 1. The number of nitrogens with two attached hydrogens (primary N) is 1. The largest absolute Gasteiger partial charge is 0.477 e. The van der Waals surface area contributed by atoms with E-state index in [0.717, 1.165) is 42.7 Å². The summed E-state index contributed by atoms with van der Waals surface area (Å²) in [4.78, 5) is 14.7. The molecule has 0 amide bonds. The Balaban J connectivity index is 0.00000320. The number of halogens is 2. The normalized spacial score (nSPS) is 21.0. The van der Waals surface area contributed by atoms with E-state index >= 15 is 0 Å². The summed E-state index contributed by atoms with van der Waals surface area (Å²) in [7, 11) is -1.58. The van der Waals surface area contributed by atoms with Gasteiger partial charge in [-0.15, -0.1) is 34.5 Å². The molecular formula is C26H31Cl2N3O4S2. The van der Waals surface area contributed by atoms with Gasteiger partial charge in [0.2, 0.25) is 0 Å². The first-order valence-electron chi connectivity index (χ1n) is 12.0. The van der Waals surface area contributed by atoms with Crippen LogP contribution in [0.25, 0.3) is 10.4 Å². The van der Waals surface area contributed by atoms with E-state index in [1.807, 2.05) is 30.3 Å². The summed E-state index contributed by atoms with van der Waals surface area (Å²) in [5, 5.41) is 9.85. The Morgan fingerprint density at radius 3 is 2.41 bits per heavy atom. The van der Waals surface area contributed by atoms with Crippen LogP contribution in [0, 0.1) is 5.92 Å². The zero-order valence-corrected chi connectivity index (χ0v) is 23.5. The summed E-state index contributed by atoms with van der Waals surface area (Å²) in [6.07, 6.45) is 5.62.